The number of hydrogen-bond donors (Lipinski definition) is 1. The van der Waals surface area contributed by atoms with Gasteiger partial charge in [-0.25, -0.2) is 9.69 Å². The quantitative estimate of drug-likeness (QED) is 0.401. The number of barbiturate groups is 1. The third-order valence-corrected chi connectivity index (χ3v) is 5.49. The number of carbonyl (C=O) groups excluding carboxylic acids is 3. The molecule has 0 bridgehead atoms. The van der Waals surface area contributed by atoms with Gasteiger partial charge in [-0.3, -0.25) is 14.9 Å². The molecule has 0 saturated carbocycles. The van der Waals surface area contributed by atoms with Crippen LogP contribution in [0, 0.1) is 6.92 Å². The first-order valence-corrected chi connectivity index (χ1v) is 10.0. The van der Waals surface area contributed by atoms with Crippen molar-refractivity contribution in [2.75, 3.05) is 4.90 Å². The second-order valence-corrected chi connectivity index (χ2v) is 7.92. The van der Waals surface area contributed by atoms with Crippen LogP contribution in [0.2, 0.25) is 5.02 Å². The SMILES string of the molecule is Cc1ccc(-c2ccc(C=C3C(=O)NC(=O)N(c4ccc(Br)cc4)C3=O)o2)cc1Cl. The first-order chi connectivity index (χ1) is 14.3. The van der Waals surface area contributed by atoms with Crippen molar-refractivity contribution in [2.45, 2.75) is 6.92 Å². The molecule has 0 atom stereocenters. The van der Waals surface area contributed by atoms with Crippen LogP contribution >= 0.6 is 27.5 Å². The zero-order valence-corrected chi connectivity index (χ0v) is 18.0. The zero-order chi connectivity index (χ0) is 21.4. The summed E-state index contributed by atoms with van der Waals surface area (Å²) >= 11 is 9.48. The van der Waals surface area contributed by atoms with Crippen LogP contribution in [0.5, 0.6) is 0 Å². The first-order valence-electron chi connectivity index (χ1n) is 8.87. The second-order valence-electron chi connectivity index (χ2n) is 6.60. The Kier molecular flexibility index (Phi) is 5.32. The lowest BCUT2D eigenvalue weighted by atomic mass is 10.1. The van der Waals surface area contributed by atoms with Gasteiger partial charge in [-0.15, -0.1) is 0 Å². The highest BCUT2D eigenvalue weighted by atomic mass is 79.9. The van der Waals surface area contributed by atoms with Gasteiger partial charge < -0.3 is 4.42 Å². The van der Waals surface area contributed by atoms with Gasteiger partial charge in [0.25, 0.3) is 11.8 Å². The van der Waals surface area contributed by atoms with Crippen LogP contribution in [0.25, 0.3) is 17.4 Å². The highest BCUT2D eigenvalue weighted by molar-refractivity contribution is 9.10. The number of hydrogen-bond acceptors (Lipinski definition) is 4. The molecule has 150 valence electrons. The number of aryl methyl sites for hydroxylation is 1. The van der Waals surface area contributed by atoms with E-state index in [9.17, 15) is 14.4 Å². The van der Waals surface area contributed by atoms with Crippen LogP contribution in [-0.4, -0.2) is 17.8 Å². The van der Waals surface area contributed by atoms with Gasteiger partial charge >= 0.3 is 6.03 Å². The zero-order valence-electron chi connectivity index (χ0n) is 15.6. The lowest BCUT2D eigenvalue weighted by molar-refractivity contribution is -0.122. The molecule has 4 amide bonds. The van der Waals surface area contributed by atoms with E-state index in [1.165, 1.54) is 6.08 Å². The summed E-state index contributed by atoms with van der Waals surface area (Å²) in [7, 11) is 0. The summed E-state index contributed by atoms with van der Waals surface area (Å²) in [5.74, 6) is -0.685. The Morgan fingerprint density at radius 2 is 1.77 bits per heavy atom. The number of furan rings is 1. The molecule has 8 heteroatoms. The molecule has 2 heterocycles. The largest absolute Gasteiger partial charge is 0.457 e. The average molecular weight is 486 g/mol. The maximum atomic E-state index is 12.9. The summed E-state index contributed by atoms with van der Waals surface area (Å²) in [6, 6.07) is 14.7. The van der Waals surface area contributed by atoms with E-state index >= 15 is 0 Å². The highest BCUT2D eigenvalue weighted by Gasteiger charge is 2.37. The Morgan fingerprint density at radius 3 is 2.47 bits per heavy atom. The fourth-order valence-corrected chi connectivity index (χ4v) is 3.40. The number of nitrogens with zero attached hydrogens (tertiary/aromatic N) is 1. The molecule has 0 radical (unpaired) electrons. The molecule has 3 aromatic rings. The van der Waals surface area contributed by atoms with Crippen molar-refractivity contribution in [1.82, 2.24) is 5.32 Å². The molecular formula is C22H14BrClN2O4. The van der Waals surface area contributed by atoms with Crippen molar-refractivity contribution in [3.63, 3.8) is 0 Å². The Hall–Kier alpha value is -3.16. The molecule has 0 unspecified atom stereocenters. The minimum Gasteiger partial charge on any atom is -0.457 e. The molecular weight excluding hydrogens is 472 g/mol. The Balaban J connectivity index is 1.67. The summed E-state index contributed by atoms with van der Waals surface area (Å²) in [5.41, 5.74) is 1.84. The molecule has 6 nitrogen and oxygen atoms in total. The van der Waals surface area contributed by atoms with Crippen LogP contribution < -0.4 is 10.2 Å². The summed E-state index contributed by atoms with van der Waals surface area (Å²) in [6.45, 7) is 1.90. The smallest absolute Gasteiger partial charge is 0.335 e. The predicted molar refractivity (Wildman–Crippen MR) is 117 cm³/mol. The summed E-state index contributed by atoms with van der Waals surface area (Å²) < 4.78 is 6.56. The van der Waals surface area contributed by atoms with Crippen LogP contribution in [0.15, 0.2) is 69.1 Å². The molecule has 2 aromatic carbocycles. The number of halogens is 2. The number of anilines is 1. The molecule has 30 heavy (non-hydrogen) atoms. The van der Waals surface area contributed by atoms with Gasteiger partial charge in [0.15, 0.2) is 0 Å². The normalized spacial score (nSPS) is 15.6. The van der Waals surface area contributed by atoms with E-state index in [0.717, 1.165) is 20.5 Å². The van der Waals surface area contributed by atoms with E-state index in [1.807, 2.05) is 19.1 Å². The van der Waals surface area contributed by atoms with Crippen LogP contribution in [0.1, 0.15) is 11.3 Å². The molecule has 1 aliphatic heterocycles. The molecule has 1 aliphatic rings. The molecule has 4 rings (SSSR count). The highest BCUT2D eigenvalue weighted by Crippen LogP contribution is 2.29. The molecule has 0 aliphatic carbocycles. The third kappa shape index (κ3) is 3.81. The third-order valence-electron chi connectivity index (χ3n) is 4.56. The second kappa shape index (κ2) is 7.93. The maximum Gasteiger partial charge on any atom is 0.335 e. The lowest BCUT2D eigenvalue weighted by Gasteiger charge is -2.26. The van der Waals surface area contributed by atoms with E-state index < -0.39 is 17.8 Å². The fraction of sp³-hybridized carbons (Fsp3) is 0.0455. The number of rotatable bonds is 3. The molecule has 1 N–H and O–H groups in total. The molecule has 1 aromatic heterocycles. The maximum absolute atomic E-state index is 12.9. The van der Waals surface area contributed by atoms with Gasteiger partial charge in [0.05, 0.1) is 5.69 Å². The molecule has 1 fully saturated rings. The molecule has 0 spiro atoms. The van der Waals surface area contributed by atoms with Crippen LogP contribution in [0.3, 0.4) is 0 Å². The van der Waals surface area contributed by atoms with Gasteiger partial charge in [0, 0.05) is 15.1 Å². The number of urea groups is 1. The van der Waals surface area contributed by atoms with E-state index in [0.29, 0.717) is 22.2 Å². The van der Waals surface area contributed by atoms with Crippen molar-refractivity contribution in [2.24, 2.45) is 0 Å². The number of carbonyl (C=O) groups is 3. The minimum absolute atomic E-state index is 0.208. The monoisotopic (exact) mass is 484 g/mol. The summed E-state index contributed by atoms with van der Waals surface area (Å²) in [6.07, 6.45) is 1.31. The van der Waals surface area contributed by atoms with Gasteiger partial charge in [0.1, 0.15) is 17.1 Å². The average Bonchev–Trinajstić information content (AvgIpc) is 3.17. The van der Waals surface area contributed by atoms with Gasteiger partial charge in [-0.1, -0.05) is 39.7 Å². The topological polar surface area (TPSA) is 79.6 Å². The van der Waals surface area contributed by atoms with Crippen LogP contribution in [0.4, 0.5) is 10.5 Å². The number of amides is 4. The van der Waals surface area contributed by atoms with Crippen molar-refractivity contribution in [3.05, 3.63) is 81.0 Å². The summed E-state index contributed by atoms with van der Waals surface area (Å²) in [5, 5.41) is 2.79. The minimum atomic E-state index is -0.807. The van der Waals surface area contributed by atoms with E-state index in [1.54, 1.807) is 42.5 Å². The molecule has 1 saturated heterocycles. The fourth-order valence-electron chi connectivity index (χ4n) is 2.96. The van der Waals surface area contributed by atoms with Gasteiger partial charge in [0.2, 0.25) is 0 Å². The van der Waals surface area contributed by atoms with Gasteiger partial charge in [-0.05, 0) is 61.0 Å². The number of imide groups is 2. The van der Waals surface area contributed by atoms with Crippen molar-refractivity contribution in [1.29, 1.82) is 0 Å². The summed E-state index contributed by atoms with van der Waals surface area (Å²) in [4.78, 5) is 38.3. The van der Waals surface area contributed by atoms with E-state index in [2.05, 4.69) is 21.2 Å². The van der Waals surface area contributed by atoms with Crippen molar-refractivity contribution >= 4 is 57.1 Å². The number of benzene rings is 2. The van der Waals surface area contributed by atoms with Crippen molar-refractivity contribution in [3.8, 4) is 11.3 Å². The van der Waals surface area contributed by atoms with E-state index in [4.69, 9.17) is 16.0 Å². The first kappa shape index (κ1) is 20.1. The Bertz CT molecular complexity index is 1210. The Labute approximate surface area is 185 Å². The predicted octanol–water partition coefficient (Wildman–Crippen LogP) is 5.34. The van der Waals surface area contributed by atoms with E-state index in [-0.39, 0.29) is 5.57 Å². The lowest BCUT2D eigenvalue weighted by Crippen LogP contribution is -2.54. The van der Waals surface area contributed by atoms with Gasteiger partial charge in [-0.2, -0.15) is 0 Å². The number of nitrogens with one attached hydrogen (secondary N) is 1. The standard InChI is InChI=1S/C22H14BrClN2O4/c1-12-2-3-13(10-18(12)24)19-9-8-16(30-19)11-17-20(27)25-22(29)26(21(17)28)15-6-4-14(23)5-7-15/h2-11H,1H3,(H,25,27,29). The van der Waals surface area contributed by atoms with Crippen LogP contribution in [-0.2, 0) is 9.59 Å². The van der Waals surface area contributed by atoms with Crippen molar-refractivity contribution < 1.29 is 18.8 Å². The Morgan fingerprint density at radius 1 is 1.03 bits per heavy atom.